The molecule has 4 rings (SSSR count). The maximum absolute atomic E-state index is 7.93. The lowest BCUT2D eigenvalue weighted by Gasteiger charge is -2.30. The maximum atomic E-state index is 7.93. The Morgan fingerprint density at radius 3 is 2.73 bits per heavy atom. The molecule has 0 atom stereocenters. The number of hydrogen-bond acceptors (Lipinski definition) is 6. The second kappa shape index (κ2) is 5.04. The zero-order valence-corrected chi connectivity index (χ0v) is 12.4. The summed E-state index contributed by atoms with van der Waals surface area (Å²) in [5, 5.41) is -0.0310. The van der Waals surface area contributed by atoms with Gasteiger partial charge in [-0.2, -0.15) is 9.97 Å². The predicted molar refractivity (Wildman–Crippen MR) is 82.3 cm³/mol. The number of rotatable bonds is 1. The third-order valence-corrected chi connectivity index (χ3v) is 3.98. The molecular weight excluding hydrogens is 306 g/mol. The highest BCUT2D eigenvalue weighted by molar-refractivity contribution is 6.28. The molecule has 0 spiro atoms. The summed E-state index contributed by atoms with van der Waals surface area (Å²) in [6.45, 7) is -3.78. The Morgan fingerprint density at radius 1 is 1.14 bits per heavy atom. The molecule has 2 aliphatic heterocycles. The molecule has 2 aromatic heterocycles. The number of hydrogen-bond donors (Lipinski definition) is 0. The van der Waals surface area contributed by atoms with Crippen LogP contribution in [-0.2, 0) is 21.6 Å². The fraction of sp³-hybridized carbons (Fsp3) is 0.643. The first kappa shape index (κ1) is 9.00. The first-order valence-electron chi connectivity index (χ1n) is 9.97. The van der Waals surface area contributed by atoms with Gasteiger partial charge in [-0.3, -0.25) is 0 Å². The second-order valence-electron chi connectivity index (χ2n) is 5.20. The number of nitrogens with zero attached hydrogens (tertiary/aromatic N) is 5. The standard InChI is InChI=1S/C14H18ClN5O2/c1-14(2)12-16-9-10(19-3-6-21-7-4-19)17-13(15)18-11(9)20(12)5-8-22-14/h3-8H2,1-2H3/i1D3,2D3. The third kappa shape index (κ3) is 2.15. The molecule has 0 bridgehead atoms. The molecule has 2 aliphatic rings. The molecule has 1 saturated heterocycles. The molecule has 1 fully saturated rings. The van der Waals surface area contributed by atoms with E-state index in [1.807, 2.05) is 4.90 Å². The van der Waals surface area contributed by atoms with Gasteiger partial charge in [-0.1, -0.05) is 0 Å². The molecule has 7 nitrogen and oxygen atoms in total. The van der Waals surface area contributed by atoms with Crippen LogP contribution < -0.4 is 4.90 Å². The molecule has 4 heterocycles. The quantitative estimate of drug-likeness (QED) is 0.740. The number of imidazole rings is 1. The van der Waals surface area contributed by atoms with E-state index < -0.39 is 19.3 Å². The summed E-state index contributed by atoms with van der Waals surface area (Å²) in [6.07, 6.45) is 0. The van der Waals surface area contributed by atoms with Crippen molar-refractivity contribution in [3.63, 3.8) is 0 Å². The summed E-state index contributed by atoms with van der Waals surface area (Å²) in [4.78, 5) is 14.8. The van der Waals surface area contributed by atoms with E-state index >= 15 is 0 Å². The predicted octanol–water partition coefficient (Wildman–Crippen LogP) is 1.58. The smallest absolute Gasteiger partial charge is 0.226 e. The summed E-state index contributed by atoms with van der Waals surface area (Å²) < 4.78 is 59.9. The Morgan fingerprint density at radius 2 is 1.95 bits per heavy atom. The van der Waals surface area contributed by atoms with Gasteiger partial charge in [0.15, 0.2) is 17.0 Å². The van der Waals surface area contributed by atoms with Crippen LogP contribution in [0.4, 0.5) is 5.82 Å². The Labute approximate surface area is 141 Å². The molecule has 0 unspecified atom stereocenters. The molecule has 0 amide bonds. The van der Waals surface area contributed by atoms with Crippen molar-refractivity contribution in [1.82, 2.24) is 19.5 Å². The van der Waals surface area contributed by atoms with E-state index in [9.17, 15) is 0 Å². The van der Waals surface area contributed by atoms with Crippen LogP contribution >= 0.6 is 11.6 Å². The largest absolute Gasteiger partial charge is 0.378 e. The SMILES string of the molecule is [2H]C([2H])([2H])C1(C([2H])([2H])[2H])OCCn2c1nc1c(N3CCOCC3)nc(Cl)nc12. The summed E-state index contributed by atoms with van der Waals surface area (Å²) in [7, 11) is 0. The Kier molecular flexibility index (Phi) is 2.06. The Bertz CT molecular complexity index is 894. The van der Waals surface area contributed by atoms with Crippen LogP contribution in [0.3, 0.4) is 0 Å². The van der Waals surface area contributed by atoms with Crippen LogP contribution in [0.25, 0.3) is 11.2 Å². The summed E-state index contributed by atoms with van der Waals surface area (Å²) in [5.74, 6) is 0.213. The van der Waals surface area contributed by atoms with Crippen LogP contribution in [0.1, 0.15) is 27.8 Å². The molecule has 0 saturated carbocycles. The minimum atomic E-state index is -2.98. The minimum Gasteiger partial charge on any atom is -0.378 e. The average Bonchev–Trinajstić information content (AvgIpc) is 2.98. The molecule has 0 N–H and O–H groups in total. The van der Waals surface area contributed by atoms with Crippen molar-refractivity contribution in [3.05, 3.63) is 11.1 Å². The van der Waals surface area contributed by atoms with E-state index in [0.717, 1.165) is 0 Å². The van der Waals surface area contributed by atoms with E-state index in [2.05, 4.69) is 15.0 Å². The molecule has 22 heavy (non-hydrogen) atoms. The van der Waals surface area contributed by atoms with Crippen molar-refractivity contribution in [1.29, 1.82) is 0 Å². The van der Waals surface area contributed by atoms with E-state index in [1.54, 1.807) is 0 Å². The number of anilines is 1. The van der Waals surface area contributed by atoms with Crippen molar-refractivity contribution in [2.24, 2.45) is 0 Å². The molecule has 0 aromatic carbocycles. The van der Waals surface area contributed by atoms with Crippen LogP contribution in [-0.4, -0.2) is 52.4 Å². The van der Waals surface area contributed by atoms with Crippen molar-refractivity contribution in [2.75, 3.05) is 37.8 Å². The molecule has 2 aromatic rings. The van der Waals surface area contributed by atoms with Gasteiger partial charge in [0.2, 0.25) is 5.28 Å². The Hall–Kier alpha value is -1.44. The minimum absolute atomic E-state index is 0.0310. The van der Waals surface area contributed by atoms with Gasteiger partial charge in [-0.15, -0.1) is 0 Å². The first-order valence-corrected chi connectivity index (χ1v) is 7.35. The number of ether oxygens (including phenoxy) is 2. The van der Waals surface area contributed by atoms with Gasteiger partial charge in [0, 0.05) is 27.9 Å². The van der Waals surface area contributed by atoms with Gasteiger partial charge in [0.1, 0.15) is 11.4 Å². The molecule has 118 valence electrons. The first-order chi connectivity index (χ1) is 13.1. The summed E-state index contributed by atoms with van der Waals surface area (Å²) >= 11 is 6.12. The van der Waals surface area contributed by atoms with Gasteiger partial charge in [-0.05, 0) is 25.3 Å². The fourth-order valence-corrected chi connectivity index (χ4v) is 2.95. The van der Waals surface area contributed by atoms with Gasteiger partial charge in [-0.25, -0.2) is 4.98 Å². The molecule has 0 aliphatic carbocycles. The highest BCUT2D eigenvalue weighted by Crippen LogP contribution is 2.34. The van der Waals surface area contributed by atoms with Crippen LogP contribution in [0, 0.1) is 0 Å². The van der Waals surface area contributed by atoms with Crippen LogP contribution in [0.5, 0.6) is 0 Å². The zero-order chi connectivity index (χ0) is 20.3. The van der Waals surface area contributed by atoms with E-state index in [4.69, 9.17) is 29.3 Å². The molecule has 0 radical (unpaired) electrons. The highest BCUT2D eigenvalue weighted by Gasteiger charge is 2.34. The van der Waals surface area contributed by atoms with Crippen molar-refractivity contribution in [2.45, 2.75) is 25.8 Å². The summed E-state index contributed by atoms with van der Waals surface area (Å²) in [5.41, 5.74) is -1.98. The number of fused-ring (bicyclic) bond motifs is 3. The molecule has 8 heteroatoms. The Balaban J connectivity index is 2.00. The zero-order valence-electron chi connectivity index (χ0n) is 17.7. The van der Waals surface area contributed by atoms with Gasteiger partial charge in [0.25, 0.3) is 0 Å². The fourth-order valence-electron chi connectivity index (χ4n) is 2.79. The normalized spacial score (nSPS) is 26.3. The number of aromatic nitrogens is 4. The maximum Gasteiger partial charge on any atom is 0.226 e. The van der Waals surface area contributed by atoms with Crippen molar-refractivity contribution in [3.8, 4) is 0 Å². The lowest BCUT2D eigenvalue weighted by molar-refractivity contribution is -0.0530. The summed E-state index contributed by atoms with van der Waals surface area (Å²) in [6, 6.07) is 0. The van der Waals surface area contributed by atoms with Crippen LogP contribution in [0.2, 0.25) is 5.28 Å². The van der Waals surface area contributed by atoms with Gasteiger partial charge < -0.3 is 18.9 Å². The lowest BCUT2D eigenvalue weighted by atomic mass is 10.1. The monoisotopic (exact) mass is 329 g/mol. The number of morpholine rings is 1. The number of halogens is 1. The van der Waals surface area contributed by atoms with Crippen molar-refractivity contribution < 1.29 is 17.7 Å². The lowest BCUT2D eigenvalue weighted by Crippen LogP contribution is -2.37. The van der Waals surface area contributed by atoms with Gasteiger partial charge >= 0.3 is 0 Å². The van der Waals surface area contributed by atoms with E-state index in [1.165, 1.54) is 4.57 Å². The molecular formula is C14H18ClN5O2. The van der Waals surface area contributed by atoms with Crippen molar-refractivity contribution >= 4 is 28.6 Å². The topological polar surface area (TPSA) is 65.3 Å². The van der Waals surface area contributed by atoms with E-state index in [-0.39, 0.29) is 29.9 Å². The third-order valence-electron chi connectivity index (χ3n) is 3.81. The highest BCUT2D eigenvalue weighted by atomic mass is 35.5. The van der Waals surface area contributed by atoms with Gasteiger partial charge in [0.05, 0.1) is 19.8 Å². The van der Waals surface area contributed by atoms with Crippen LogP contribution in [0.15, 0.2) is 0 Å². The second-order valence-corrected chi connectivity index (χ2v) is 5.54. The van der Waals surface area contributed by atoms with E-state index in [0.29, 0.717) is 37.6 Å². The average molecular weight is 330 g/mol.